The first-order chi connectivity index (χ1) is 6.74. The molecule has 0 spiro atoms. The number of benzene rings is 1. The maximum absolute atomic E-state index is 9.33. The fourth-order valence-corrected chi connectivity index (χ4v) is 0.927. The molecular weight excluding hydrogens is 182 g/mol. The number of aliphatic imine (C=N–C) groups is 1. The fraction of sp³-hybridized carbons (Fsp3) is 0.300. The Hall–Kier alpha value is -1.39. The number of phenolic OH excluding ortho intramolecular Hbond substituents is 1. The molecule has 1 aromatic carbocycles. The van der Waals surface area contributed by atoms with Gasteiger partial charge in [-0.1, -0.05) is 12.1 Å². The fourth-order valence-electron chi connectivity index (χ4n) is 0.927. The summed E-state index contributed by atoms with van der Waals surface area (Å²) < 4.78 is 0. The van der Waals surface area contributed by atoms with Crippen LogP contribution in [0, 0.1) is 0 Å². The molecule has 0 aliphatic heterocycles. The van der Waals surface area contributed by atoms with E-state index in [9.17, 15) is 5.11 Å². The summed E-state index contributed by atoms with van der Waals surface area (Å²) in [4.78, 5) is 3.88. The molecule has 0 aliphatic carbocycles. The molecule has 0 saturated heterocycles. The first-order valence-electron chi connectivity index (χ1n) is 4.30. The second kappa shape index (κ2) is 5.36. The first-order valence-corrected chi connectivity index (χ1v) is 4.30. The lowest BCUT2D eigenvalue weighted by Gasteiger charge is -2.01. The van der Waals surface area contributed by atoms with E-state index in [-0.39, 0.29) is 18.9 Å². The van der Waals surface area contributed by atoms with E-state index >= 15 is 0 Å². The Labute approximate surface area is 82.2 Å². The van der Waals surface area contributed by atoms with E-state index in [2.05, 4.69) is 4.99 Å². The van der Waals surface area contributed by atoms with Gasteiger partial charge in [0.25, 0.3) is 0 Å². The summed E-state index contributed by atoms with van der Waals surface area (Å²) in [5, 5.41) is 26.8. The Morgan fingerprint density at radius 2 is 2.07 bits per heavy atom. The van der Waals surface area contributed by atoms with Crippen LogP contribution in [-0.2, 0) is 0 Å². The third-order valence-electron chi connectivity index (χ3n) is 1.69. The smallest absolute Gasteiger partial charge is 0.124 e. The molecule has 0 amide bonds. The summed E-state index contributed by atoms with van der Waals surface area (Å²) in [5.41, 5.74) is 0.595. The molecule has 0 fully saturated rings. The Balaban J connectivity index is 2.56. The van der Waals surface area contributed by atoms with Gasteiger partial charge in [-0.2, -0.15) is 0 Å². The van der Waals surface area contributed by atoms with Crippen LogP contribution in [0.5, 0.6) is 5.75 Å². The summed E-state index contributed by atoms with van der Waals surface area (Å²) >= 11 is 0. The van der Waals surface area contributed by atoms with Gasteiger partial charge in [-0.25, -0.2) is 0 Å². The Morgan fingerprint density at radius 3 is 2.71 bits per heavy atom. The number of aromatic hydroxyl groups is 1. The topological polar surface area (TPSA) is 73.0 Å². The highest BCUT2D eigenvalue weighted by atomic mass is 16.3. The van der Waals surface area contributed by atoms with Crippen LogP contribution in [0.4, 0.5) is 0 Å². The number of hydrogen-bond donors (Lipinski definition) is 3. The lowest BCUT2D eigenvalue weighted by atomic mass is 10.2. The van der Waals surface area contributed by atoms with Gasteiger partial charge in [-0.3, -0.25) is 4.99 Å². The minimum Gasteiger partial charge on any atom is -0.507 e. The van der Waals surface area contributed by atoms with E-state index in [0.29, 0.717) is 5.56 Å². The number of hydrogen-bond acceptors (Lipinski definition) is 4. The van der Waals surface area contributed by atoms with Crippen LogP contribution < -0.4 is 0 Å². The number of aliphatic hydroxyl groups excluding tert-OH is 2. The van der Waals surface area contributed by atoms with Crippen LogP contribution in [0.3, 0.4) is 0 Å². The van der Waals surface area contributed by atoms with Gasteiger partial charge >= 0.3 is 0 Å². The minimum atomic E-state index is -0.836. The molecular formula is C10H13NO3. The summed E-state index contributed by atoms with van der Waals surface area (Å²) in [6.07, 6.45) is 0.630. The molecule has 1 rings (SSSR count). The number of aliphatic hydroxyl groups is 2. The van der Waals surface area contributed by atoms with Crippen molar-refractivity contribution in [3.8, 4) is 5.75 Å². The molecule has 1 aromatic rings. The minimum absolute atomic E-state index is 0.130. The average Bonchev–Trinajstić information content (AvgIpc) is 2.20. The van der Waals surface area contributed by atoms with E-state index in [4.69, 9.17) is 10.2 Å². The van der Waals surface area contributed by atoms with Gasteiger partial charge in [0.1, 0.15) is 5.75 Å². The zero-order valence-corrected chi connectivity index (χ0v) is 7.67. The highest BCUT2D eigenvalue weighted by Gasteiger charge is 1.99. The quantitative estimate of drug-likeness (QED) is 0.599. The molecule has 3 N–H and O–H groups in total. The van der Waals surface area contributed by atoms with Crippen molar-refractivity contribution in [3.63, 3.8) is 0 Å². The van der Waals surface area contributed by atoms with E-state index in [0.717, 1.165) is 0 Å². The summed E-state index contributed by atoms with van der Waals surface area (Å²) in [6, 6.07) is 6.77. The van der Waals surface area contributed by atoms with Gasteiger partial charge in [0.15, 0.2) is 0 Å². The number of nitrogens with zero attached hydrogens (tertiary/aromatic N) is 1. The highest BCUT2D eigenvalue weighted by molar-refractivity contribution is 5.83. The predicted octanol–water partition coefficient (Wildman–Crippen LogP) is 0.164. The Bertz CT molecular complexity index is 312. The van der Waals surface area contributed by atoms with Crippen molar-refractivity contribution < 1.29 is 15.3 Å². The van der Waals surface area contributed by atoms with Crippen molar-refractivity contribution in [3.05, 3.63) is 29.8 Å². The summed E-state index contributed by atoms with van der Waals surface area (Å²) in [5.74, 6) is 0.148. The van der Waals surface area contributed by atoms with Crippen LogP contribution in [0.25, 0.3) is 0 Å². The van der Waals surface area contributed by atoms with Crippen LogP contribution >= 0.6 is 0 Å². The molecule has 4 heteroatoms. The standard InChI is InChI=1S/C10H13NO3/c12-7-9(13)6-11-5-8-3-1-2-4-10(8)14/h1-5,9,12-14H,6-7H2. The molecule has 0 aliphatic rings. The largest absolute Gasteiger partial charge is 0.507 e. The predicted molar refractivity (Wildman–Crippen MR) is 53.7 cm³/mol. The van der Waals surface area contributed by atoms with Crippen LogP contribution in [0.15, 0.2) is 29.3 Å². The highest BCUT2D eigenvalue weighted by Crippen LogP contribution is 2.12. The summed E-state index contributed by atoms with van der Waals surface area (Å²) in [6.45, 7) is -0.178. The SMILES string of the molecule is OCC(O)CN=Cc1ccccc1O. The second-order valence-corrected chi connectivity index (χ2v) is 2.89. The van der Waals surface area contributed by atoms with Crippen molar-refractivity contribution >= 4 is 6.21 Å². The van der Waals surface area contributed by atoms with Gasteiger partial charge < -0.3 is 15.3 Å². The normalized spacial score (nSPS) is 13.3. The summed E-state index contributed by atoms with van der Waals surface area (Å²) in [7, 11) is 0. The molecule has 0 bridgehead atoms. The molecule has 0 aromatic heterocycles. The van der Waals surface area contributed by atoms with E-state index < -0.39 is 6.10 Å². The van der Waals surface area contributed by atoms with E-state index in [1.54, 1.807) is 24.3 Å². The molecule has 0 saturated carbocycles. The number of rotatable bonds is 4. The van der Waals surface area contributed by atoms with Crippen molar-refractivity contribution in [2.45, 2.75) is 6.10 Å². The average molecular weight is 195 g/mol. The van der Waals surface area contributed by atoms with Gasteiger partial charge in [0.2, 0.25) is 0 Å². The molecule has 76 valence electrons. The first kappa shape index (κ1) is 10.7. The van der Waals surface area contributed by atoms with Crippen molar-refractivity contribution in [1.29, 1.82) is 0 Å². The van der Waals surface area contributed by atoms with Crippen molar-refractivity contribution in [2.75, 3.05) is 13.2 Å². The monoisotopic (exact) mass is 195 g/mol. The maximum Gasteiger partial charge on any atom is 0.124 e. The third-order valence-corrected chi connectivity index (χ3v) is 1.69. The second-order valence-electron chi connectivity index (χ2n) is 2.89. The van der Waals surface area contributed by atoms with Gasteiger partial charge in [0.05, 0.1) is 19.3 Å². The molecule has 14 heavy (non-hydrogen) atoms. The third kappa shape index (κ3) is 3.16. The van der Waals surface area contributed by atoms with Crippen LogP contribution in [-0.4, -0.2) is 40.8 Å². The van der Waals surface area contributed by atoms with Crippen LogP contribution in [0.1, 0.15) is 5.56 Å². The lowest BCUT2D eigenvalue weighted by molar-refractivity contribution is 0.102. The molecule has 4 nitrogen and oxygen atoms in total. The Kier molecular flexibility index (Phi) is 4.10. The lowest BCUT2D eigenvalue weighted by Crippen LogP contribution is -2.15. The van der Waals surface area contributed by atoms with Gasteiger partial charge in [-0.05, 0) is 12.1 Å². The molecule has 1 atom stereocenters. The molecule has 0 radical (unpaired) electrons. The molecule has 1 unspecified atom stereocenters. The zero-order chi connectivity index (χ0) is 10.4. The van der Waals surface area contributed by atoms with Crippen molar-refractivity contribution in [2.24, 2.45) is 4.99 Å². The Morgan fingerprint density at radius 1 is 1.36 bits per heavy atom. The van der Waals surface area contributed by atoms with Crippen LogP contribution in [0.2, 0.25) is 0 Å². The number of para-hydroxylation sites is 1. The van der Waals surface area contributed by atoms with E-state index in [1.165, 1.54) is 6.21 Å². The zero-order valence-electron chi connectivity index (χ0n) is 7.67. The van der Waals surface area contributed by atoms with E-state index in [1.807, 2.05) is 0 Å². The van der Waals surface area contributed by atoms with Gasteiger partial charge in [-0.15, -0.1) is 0 Å². The van der Waals surface area contributed by atoms with Crippen molar-refractivity contribution in [1.82, 2.24) is 0 Å². The maximum atomic E-state index is 9.33. The number of phenols is 1. The van der Waals surface area contributed by atoms with Gasteiger partial charge in [0, 0.05) is 11.8 Å². The molecule has 0 heterocycles.